The maximum Gasteiger partial charge on any atom is 0.255 e. The number of pyridine rings is 1. The largest absolute Gasteiger partial charge is 0.394 e. The molecule has 1 aliphatic rings. The van der Waals surface area contributed by atoms with Crippen LogP contribution in [0.15, 0.2) is 6.07 Å². The van der Waals surface area contributed by atoms with E-state index < -0.39 is 0 Å². The number of carbonyl (C=O) groups is 1. The molecule has 6 heteroatoms. The zero-order valence-electron chi connectivity index (χ0n) is 14.2. The van der Waals surface area contributed by atoms with Crippen LogP contribution >= 0.6 is 0 Å². The minimum atomic E-state index is -0.0785. The van der Waals surface area contributed by atoms with E-state index in [-0.39, 0.29) is 24.5 Å². The molecule has 2 aromatic heterocycles. The predicted octanol–water partition coefficient (Wildman–Crippen LogP) is 2.00. The fourth-order valence-corrected chi connectivity index (χ4v) is 3.38. The topological polar surface area (TPSA) is 71.2 Å². The van der Waals surface area contributed by atoms with E-state index in [1.165, 1.54) is 0 Å². The number of hydrogen-bond acceptors (Lipinski definition) is 4. The van der Waals surface area contributed by atoms with Gasteiger partial charge in [-0.15, -0.1) is 0 Å². The summed E-state index contributed by atoms with van der Waals surface area (Å²) in [5.41, 5.74) is 3.11. The number of rotatable bonds is 3. The first-order valence-corrected chi connectivity index (χ1v) is 8.20. The van der Waals surface area contributed by atoms with E-state index in [9.17, 15) is 9.90 Å². The van der Waals surface area contributed by atoms with Crippen molar-refractivity contribution in [1.82, 2.24) is 19.7 Å². The average molecular weight is 316 g/mol. The minimum absolute atomic E-state index is 0.0169. The highest BCUT2D eigenvalue weighted by Gasteiger charge is 2.31. The van der Waals surface area contributed by atoms with Crippen LogP contribution in [-0.4, -0.2) is 49.9 Å². The summed E-state index contributed by atoms with van der Waals surface area (Å²) in [7, 11) is 1.85. The molecule has 1 N–H and O–H groups in total. The summed E-state index contributed by atoms with van der Waals surface area (Å²) in [5, 5.41) is 14.8. The molecule has 0 unspecified atom stereocenters. The Bertz CT molecular complexity index is 751. The lowest BCUT2D eigenvalue weighted by Gasteiger charge is -2.24. The number of amides is 1. The maximum atomic E-state index is 13.1. The molecule has 3 rings (SSSR count). The Hall–Kier alpha value is -1.95. The average Bonchev–Trinajstić information content (AvgIpc) is 3.10. The number of hydrogen-bond donors (Lipinski definition) is 1. The fraction of sp³-hybridized carbons (Fsp3) is 0.588. The third-order valence-electron chi connectivity index (χ3n) is 4.66. The molecule has 0 aliphatic carbocycles. The molecule has 23 heavy (non-hydrogen) atoms. The van der Waals surface area contributed by atoms with Crippen LogP contribution in [0.2, 0.25) is 0 Å². The summed E-state index contributed by atoms with van der Waals surface area (Å²) in [4.78, 5) is 19.6. The van der Waals surface area contributed by atoms with E-state index in [2.05, 4.69) is 23.9 Å². The second-order valence-corrected chi connectivity index (χ2v) is 6.63. The number of aromatic nitrogens is 3. The Kier molecular flexibility index (Phi) is 4.10. The molecule has 0 spiro atoms. The Labute approximate surface area is 136 Å². The zero-order chi connectivity index (χ0) is 16.7. The van der Waals surface area contributed by atoms with Gasteiger partial charge >= 0.3 is 0 Å². The van der Waals surface area contributed by atoms with Gasteiger partial charge in [0.25, 0.3) is 5.91 Å². The van der Waals surface area contributed by atoms with Crippen LogP contribution in [0.3, 0.4) is 0 Å². The fourth-order valence-electron chi connectivity index (χ4n) is 3.38. The monoisotopic (exact) mass is 316 g/mol. The molecule has 1 atom stereocenters. The number of likely N-dealkylation sites (tertiary alicyclic amines) is 1. The first-order valence-electron chi connectivity index (χ1n) is 8.20. The highest BCUT2D eigenvalue weighted by atomic mass is 16.3. The molecular formula is C17H24N4O2. The smallest absolute Gasteiger partial charge is 0.255 e. The van der Waals surface area contributed by atoms with Gasteiger partial charge < -0.3 is 10.0 Å². The number of fused-ring (bicyclic) bond motifs is 1. The highest BCUT2D eigenvalue weighted by molar-refractivity contribution is 6.06. The first-order chi connectivity index (χ1) is 10.9. The molecule has 0 radical (unpaired) electrons. The molecule has 0 aromatic carbocycles. The van der Waals surface area contributed by atoms with Crippen molar-refractivity contribution in [1.29, 1.82) is 0 Å². The Morgan fingerprint density at radius 2 is 2.22 bits per heavy atom. The van der Waals surface area contributed by atoms with E-state index >= 15 is 0 Å². The number of nitrogens with zero attached hydrogens (tertiary/aromatic N) is 4. The Morgan fingerprint density at radius 3 is 2.87 bits per heavy atom. The van der Waals surface area contributed by atoms with Gasteiger partial charge in [-0.05, 0) is 31.7 Å². The summed E-state index contributed by atoms with van der Waals surface area (Å²) >= 11 is 0. The van der Waals surface area contributed by atoms with E-state index in [1.807, 2.05) is 20.0 Å². The Morgan fingerprint density at radius 1 is 1.48 bits per heavy atom. The van der Waals surface area contributed by atoms with E-state index in [4.69, 9.17) is 0 Å². The van der Waals surface area contributed by atoms with Crippen molar-refractivity contribution in [3.05, 3.63) is 23.0 Å². The van der Waals surface area contributed by atoms with Crippen LogP contribution in [0.1, 0.15) is 54.4 Å². The summed E-state index contributed by atoms with van der Waals surface area (Å²) in [6.45, 7) is 6.76. The first kappa shape index (κ1) is 15.9. The molecule has 1 amide bonds. The van der Waals surface area contributed by atoms with Gasteiger partial charge in [0.1, 0.15) is 0 Å². The van der Waals surface area contributed by atoms with Gasteiger partial charge in [-0.1, -0.05) is 13.8 Å². The molecule has 0 saturated carbocycles. The van der Waals surface area contributed by atoms with Gasteiger partial charge in [-0.3, -0.25) is 9.48 Å². The van der Waals surface area contributed by atoms with E-state index in [1.54, 1.807) is 9.58 Å². The van der Waals surface area contributed by atoms with Gasteiger partial charge in [0, 0.05) is 19.3 Å². The molecular weight excluding hydrogens is 292 g/mol. The second-order valence-electron chi connectivity index (χ2n) is 6.63. The molecule has 6 nitrogen and oxygen atoms in total. The number of carbonyl (C=O) groups excluding carboxylic acids is 1. The molecule has 0 bridgehead atoms. The third-order valence-corrected chi connectivity index (χ3v) is 4.66. The van der Waals surface area contributed by atoms with Gasteiger partial charge in [0.2, 0.25) is 0 Å². The van der Waals surface area contributed by atoms with Crippen molar-refractivity contribution in [3.63, 3.8) is 0 Å². The standard InChI is InChI=1S/C17H24N4O2/c1-10(2)14-8-13(15-11(3)19-20(4)16(15)18-14)17(23)21-7-5-6-12(21)9-22/h8,10,12,22H,5-7,9H2,1-4H3/t12-/m1/s1. The van der Waals surface area contributed by atoms with Crippen molar-refractivity contribution in [3.8, 4) is 0 Å². The molecule has 1 saturated heterocycles. The summed E-state index contributed by atoms with van der Waals surface area (Å²) in [6.07, 6.45) is 1.80. The SMILES string of the molecule is Cc1nn(C)c2nc(C(C)C)cc(C(=O)N3CCC[C@@H]3CO)c12. The van der Waals surface area contributed by atoms with Crippen molar-refractivity contribution in [2.75, 3.05) is 13.2 Å². The lowest BCUT2D eigenvalue weighted by atomic mass is 10.0. The minimum Gasteiger partial charge on any atom is -0.394 e. The second kappa shape index (κ2) is 5.92. The van der Waals surface area contributed by atoms with Gasteiger partial charge in [-0.2, -0.15) is 5.10 Å². The molecule has 1 fully saturated rings. The van der Waals surface area contributed by atoms with Gasteiger partial charge in [-0.25, -0.2) is 4.98 Å². The number of aliphatic hydroxyl groups excluding tert-OH is 1. The van der Waals surface area contributed by atoms with Crippen LogP contribution in [0.25, 0.3) is 11.0 Å². The summed E-state index contributed by atoms with van der Waals surface area (Å²) in [5.74, 6) is 0.209. The zero-order valence-corrected chi connectivity index (χ0v) is 14.2. The highest BCUT2D eigenvalue weighted by Crippen LogP contribution is 2.28. The molecule has 2 aromatic rings. The quantitative estimate of drug-likeness (QED) is 0.940. The van der Waals surface area contributed by atoms with E-state index in [0.29, 0.717) is 12.1 Å². The predicted molar refractivity (Wildman–Crippen MR) is 88.5 cm³/mol. The van der Waals surface area contributed by atoms with Crippen molar-refractivity contribution >= 4 is 16.9 Å². The van der Waals surface area contributed by atoms with Crippen LogP contribution in [-0.2, 0) is 7.05 Å². The lowest BCUT2D eigenvalue weighted by Crippen LogP contribution is -2.37. The van der Waals surface area contributed by atoms with Crippen molar-refractivity contribution in [2.45, 2.75) is 45.6 Å². The van der Waals surface area contributed by atoms with Gasteiger partial charge in [0.15, 0.2) is 5.65 Å². The summed E-state index contributed by atoms with van der Waals surface area (Å²) in [6, 6.07) is 1.82. The van der Waals surface area contributed by atoms with Crippen LogP contribution in [0.4, 0.5) is 0 Å². The third kappa shape index (κ3) is 2.61. The van der Waals surface area contributed by atoms with Crippen molar-refractivity contribution in [2.24, 2.45) is 7.05 Å². The van der Waals surface area contributed by atoms with Crippen LogP contribution < -0.4 is 0 Å². The lowest BCUT2D eigenvalue weighted by molar-refractivity contribution is 0.0679. The molecule has 124 valence electrons. The van der Waals surface area contributed by atoms with Gasteiger partial charge in [0.05, 0.1) is 29.3 Å². The molecule has 3 heterocycles. The van der Waals surface area contributed by atoms with Crippen LogP contribution in [0, 0.1) is 6.92 Å². The Balaban J connectivity index is 2.17. The number of aliphatic hydroxyl groups is 1. The van der Waals surface area contributed by atoms with E-state index in [0.717, 1.165) is 35.3 Å². The van der Waals surface area contributed by atoms with Crippen LogP contribution in [0.5, 0.6) is 0 Å². The van der Waals surface area contributed by atoms with Crippen molar-refractivity contribution < 1.29 is 9.90 Å². The number of aryl methyl sites for hydroxylation is 2. The summed E-state index contributed by atoms with van der Waals surface area (Å²) < 4.78 is 1.74. The maximum absolute atomic E-state index is 13.1. The molecule has 1 aliphatic heterocycles. The normalized spacial score (nSPS) is 18.3.